The Morgan fingerprint density at radius 3 is 1.17 bits per heavy atom. The van der Waals surface area contributed by atoms with Gasteiger partial charge in [-0.15, -0.1) is 5.19 Å². The summed E-state index contributed by atoms with van der Waals surface area (Å²) in [6, 6.07) is 7.30. The van der Waals surface area contributed by atoms with Crippen molar-refractivity contribution in [3.63, 3.8) is 0 Å². The van der Waals surface area contributed by atoms with E-state index in [1.54, 1.807) is 10.4 Å². The Hall–Kier alpha value is 0.371. The van der Waals surface area contributed by atoms with Crippen molar-refractivity contribution in [2.24, 2.45) is 0 Å². The van der Waals surface area contributed by atoms with E-state index in [-0.39, 0.29) is 69.0 Å². The molecule has 0 heterocycles. The molecule has 168 valence electrons. The van der Waals surface area contributed by atoms with E-state index < -0.39 is 8.07 Å². The van der Waals surface area contributed by atoms with Gasteiger partial charge in [-0.05, 0) is 23.9 Å². The summed E-state index contributed by atoms with van der Waals surface area (Å²) in [4.78, 5) is 0. The summed E-state index contributed by atoms with van der Waals surface area (Å²) < 4.78 is 0. The minimum absolute atomic E-state index is 0. The third-order valence-electron chi connectivity index (χ3n) is 6.72. The number of rotatable bonds is 2. The molecule has 30 heavy (non-hydrogen) atoms. The van der Waals surface area contributed by atoms with Gasteiger partial charge in [0.1, 0.15) is 0 Å². The number of hydrogen-bond acceptors (Lipinski definition) is 0. The molecule has 0 fully saturated rings. The largest absolute Gasteiger partial charge is 4.00 e. The number of aryl methyl sites for hydroxylation is 2. The fourth-order valence-electron chi connectivity index (χ4n) is 5.86. The Labute approximate surface area is 220 Å². The minimum atomic E-state index is -2.11. The van der Waals surface area contributed by atoms with Crippen LogP contribution in [0, 0.1) is 41.5 Å². The van der Waals surface area contributed by atoms with Crippen molar-refractivity contribution in [3.05, 3.63) is 51.6 Å². The molecule has 0 spiro atoms. The molecule has 0 N–H and O–H groups in total. The van der Waals surface area contributed by atoms with E-state index in [0.29, 0.717) is 0 Å². The van der Waals surface area contributed by atoms with E-state index >= 15 is 0 Å². The van der Waals surface area contributed by atoms with E-state index in [2.05, 4.69) is 101 Å². The molecular formula is C25H39Cl3SiTi. The molecular weight excluding hydrogens is 483 g/mol. The van der Waals surface area contributed by atoms with Crippen LogP contribution in [-0.2, 0) is 21.7 Å². The zero-order chi connectivity index (χ0) is 20.2. The van der Waals surface area contributed by atoms with Crippen molar-refractivity contribution in [3.8, 4) is 0 Å². The Morgan fingerprint density at radius 2 is 0.900 bits per heavy atom. The SMILES string of the molecule is Cc1cc(C)cc([Si]([c-]2c(C)c(C)c(C)c2C)(C(C)(C)C)C(C)(C)C)c1.[Cl-].[Cl-].[Cl-].[Ti+4]. The smallest absolute Gasteiger partial charge is 1.00 e. The molecule has 0 aliphatic rings. The van der Waals surface area contributed by atoms with Gasteiger partial charge in [0.25, 0.3) is 0 Å². The summed E-state index contributed by atoms with van der Waals surface area (Å²) in [5, 5.41) is 3.73. The quantitative estimate of drug-likeness (QED) is 0.301. The molecule has 2 rings (SSSR count). The average molecular weight is 522 g/mol. The molecule has 0 aromatic heterocycles. The van der Waals surface area contributed by atoms with Crippen LogP contribution in [0.4, 0.5) is 0 Å². The second kappa shape index (κ2) is 11.5. The van der Waals surface area contributed by atoms with Crippen LogP contribution in [0.5, 0.6) is 0 Å². The third-order valence-corrected chi connectivity index (χ3v) is 13.9. The van der Waals surface area contributed by atoms with E-state index in [9.17, 15) is 0 Å². The summed E-state index contributed by atoms with van der Waals surface area (Å²) >= 11 is 0. The van der Waals surface area contributed by atoms with Crippen LogP contribution in [-0.4, -0.2) is 8.07 Å². The third kappa shape index (κ3) is 5.46. The summed E-state index contributed by atoms with van der Waals surface area (Å²) in [6.07, 6.45) is 0. The average Bonchev–Trinajstić information content (AvgIpc) is 2.62. The van der Waals surface area contributed by atoms with E-state index in [4.69, 9.17) is 0 Å². The van der Waals surface area contributed by atoms with Crippen LogP contribution in [0.25, 0.3) is 0 Å². The molecule has 0 saturated carbocycles. The molecule has 2 aromatic rings. The standard InChI is InChI=1S/C25H39Si.3ClH.Ti/c1-16-13-17(2)15-22(14-16)26(24(7,8)9,25(10,11)12)23-20(5)18(3)19(4)21(23)6;;;;/h13-15H,1-12H3;3*1H;/q-1;;;;+4/p-3. The van der Waals surface area contributed by atoms with E-state index in [1.807, 2.05) is 0 Å². The number of halogens is 3. The predicted molar refractivity (Wildman–Crippen MR) is 121 cm³/mol. The maximum absolute atomic E-state index is 2.49. The Balaban J connectivity index is -0.00000182. The molecule has 0 aliphatic carbocycles. The maximum atomic E-state index is 2.49. The molecule has 0 radical (unpaired) electrons. The Morgan fingerprint density at radius 1 is 0.600 bits per heavy atom. The van der Waals surface area contributed by atoms with Gasteiger partial charge in [-0.3, -0.25) is 0 Å². The summed E-state index contributed by atoms with van der Waals surface area (Å²) in [6.45, 7) is 28.8. The normalized spacial score (nSPS) is 11.6. The fourth-order valence-corrected chi connectivity index (χ4v) is 14.0. The first-order valence-corrected chi connectivity index (χ1v) is 12.0. The van der Waals surface area contributed by atoms with Crippen molar-refractivity contribution in [2.45, 2.75) is 93.2 Å². The van der Waals surface area contributed by atoms with Gasteiger partial charge in [0, 0.05) is 0 Å². The van der Waals surface area contributed by atoms with Gasteiger partial charge in [0.05, 0.1) is 8.07 Å². The van der Waals surface area contributed by atoms with Gasteiger partial charge in [-0.1, -0.05) is 104 Å². The maximum Gasteiger partial charge on any atom is 4.00 e. The zero-order valence-electron chi connectivity index (χ0n) is 20.9. The molecule has 2 aromatic carbocycles. The van der Waals surface area contributed by atoms with Gasteiger partial charge in [-0.25, -0.2) is 0 Å². The minimum Gasteiger partial charge on any atom is -1.00 e. The molecule has 0 atom stereocenters. The summed E-state index contributed by atoms with van der Waals surface area (Å²) in [5.74, 6) is 0. The molecule has 0 bridgehead atoms. The van der Waals surface area contributed by atoms with Gasteiger partial charge in [-0.2, -0.15) is 22.3 Å². The van der Waals surface area contributed by atoms with Crippen LogP contribution in [0.3, 0.4) is 0 Å². The second-order valence-corrected chi connectivity index (χ2v) is 16.1. The number of benzene rings is 1. The first-order chi connectivity index (χ1) is 11.7. The van der Waals surface area contributed by atoms with Crippen LogP contribution < -0.4 is 47.6 Å². The topological polar surface area (TPSA) is 0 Å². The van der Waals surface area contributed by atoms with Crippen molar-refractivity contribution in [1.82, 2.24) is 0 Å². The van der Waals surface area contributed by atoms with E-state index in [0.717, 1.165) is 0 Å². The van der Waals surface area contributed by atoms with Crippen molar-refractivity contribution in [2.75, 3.05) is 0 Å². The van der Waals surface area contributed by atoms with Crippen LogP contribution >= 0.6 is 0 Å². The number of hydrogen-bond donors (Lipinski definition) is 0. The monoisotopic (exact) mass is 520 g/mol. The summed E-state index contributed by atoms with van der Waals surface area (Å²) in [5.41, 5.74) is 8.84. The van der Waals surface area contributed by atoms with Gasteiger partial charge >= 0.3 is 21.7 Å². The first kappa shape index (κ1) is 35.0. The van der Waals surface area contributed by atoms with Crippen molar-refractivity contribution >= 4 is 18.4 Å². The molecule has 0 saturated heterocycles. The Bertz CT molecular complexity index is 780. The van der Waals surface area contributed by atoms with Gasteiger partial charge < -0.3 is 37.2 Å². The summed E-state index contributed by atoms with van der Waals surface area (Å²) in [7, 11) is -2.11. The van der Waals surface area contributed by atoms with Gasteiger partial charge in [0.15, 0.2) is 0 Å². The predicted octanol–water partition coefficient (Wildman–Crippen LogP) is -2.57. The zero-order valence-corrected chi connectivity index (χ0v) is 25.7. The fraction of sp³-hybridized carbons (Fsp3) is 0.560. The van der Waals surface area contributed by atoms with Crippen molar-refractivity contribution in [1.29, 1.82) is 0 Å². The molecule has 5 heteroatoms. The molecule has 0 nitrogen and oxygen atoms in total. The van der Waals surface area contributed by atoms with Crippen LogP contribution in [0.1, 0.15) is 74.9 Å². The van der Waals surface area contributed by atoms with Crippen LogP contribution in [0.2, 0.25) is 10.1 Å². The molecule has 0 amide bonds. The second-order valence-electron chi connectivity index (χ2n) is 10.5. The van der Waals surface area contributed by atoms with E-state index in [1.165, 1.54) is 33.4 Å². The van der Waals surface area contributed by atoms with Crippen LogP contribution in [0.15, 0.2) is 18.2 Å². The first-order valence-electron chi connectivity index (χ1n) is 9.98. The molecule has 0 unspecified atom stereocenters. The molecule has 0 aliphatic heterocycles. The van der Waals surface area contributed by atoms with Crippen molar-refractivity contribution < 1.29 is 58.9 Å². The Kier molecular flexibility index (Phi) is 13.4. The van der Waals surface area contributed by atoms with Gasteiger partial charge in [0.2, 0.25) is 0 Å².